The molecule has 0 bridgehead atoms. The van der Waals surface area contributed by atoms with E-state index in [4.69, 9.17) is 10.4 Å². The van der Waals surface area contributed by atoms with Gasteiger partial charge in [0.15, 0.2) is 0 Å². The van der Waals surface area contributed by atoms with Crippen molar-refractivity contribution in [2.75, 3.05) is 6.61 Å². The van der Waals surface area contributed by atoms with Crippen molar-refractivity contribution in [2.45, 2.75) is 25.4 Å². The molecule has 1 atom stereocenters. The molecule has 0 aliphatic heterocycles. The average Bonchev–Trinajstić information content (AvgIpc) is 2.34. The minimum absolute atomic E-state index is 0.00953. The van der Waals surface area contributed by atoms with Crippen LogP contribution in [0.4, 0.5) is 8.78 Å². The Kier molecular flexibility index (Phi) is 5.53. The van der Waals surface area contributed by atoms with Crippen LogP contribution in [-0.4, -0.2) is 24.2 Å². The number of nitriles is 1. The SMILES string of the molecule is N#Cc1cccc(CN[C@@H](CCO)C(F)F)c1. The molecule has 17 heavy (non-hydrogen) atoms. The highest BCUT2D eigenvalue weighted by Gasteiger charge is 2.18. The van der Waals surface area contributed by atoms with Gasteiger partial charge in [-0.05, 0) is 24.1 Å². The minimum atomic E-state index is -2.51. The second kappa shape index (κ2) is 6.94. The fourth-order valence-electron chi connectivity index (χ4n) is 1.46. The van der Waals surface area contributed by atoms with Gasteiger partial charge in [-0.25, -0.2) is 8.78 Å². The second-order valence-corrected chi connectivity index (χ2v) is 3.65. The van der Waals surface area contributed by atoms with Gasteiger partial charge in [0.2, 0.25) is 0 Å². The standard InChI is InChI=1S/C12H14F2N2O/c13-12(14)11(4-5-17)16-8-10-3-1-2-9(6-10)7-15/h1-3,6,11-12,16-17H,4-5,8H2/t11-/m0/s1. The zero-order valence-corrected chi connectivity index (χ0v) is 9.24. The lowest BCUT2D eigenvalue weighted by molar-refractivity contribution is 0.0826. The highest BCUT2D eigenvalue weighted by Crippen LogP contribution is 2.08. The van der Waals surface area contributed by atoms with Crippen LogP contribution in [0.25, 0.3) is 0 Å². The largest absolute Gasteiger partial charge is 0.396 e. The Morgan fingerprint density at radius 1 is 1.41 bits per heavy atom. The highest BCUT2D eigenvalue weighted by molar-refractivity contribution is 5.32. The maximum Gasteiger partial charge on any atom is 0.253 e. The van der Waals surface area contributed by atoms with Crippen LogP contribution in [0.2, 0.25) is 0 Å². The zero-order valence-electron chi connectivity index (χ0n) is 9.24. The molecular weight excluding hydrogens is 226 g/mol. The van der Waals surface area contributed by atoms with Gasteiger partial charge in [0, 0.05) is 13.2 Å². The van der Waals surface area contributed by atoms with Gasteiger partial charge in [-0.3, -0.25) is 0 Å². The van der Waals surface area contributed by atoms with E-state index in [0.29, 0.717) is 5.56 Å². The Morgan fingerprint density at radius 2 is 2.18 bits per heavy atom. The van der Waals surface area contributed by atoms with E-state index in [9.17, 15) is 8.78 Å². The normalized spacial score (nSPS) is 12.4. The number of alkyl halides is 2. The fraction of sp³-hybridized carbons (Fsp3) is 0.417. The Morgan fingerprint density at radius 3 is 2.76 bits per heavy atom. The van der Waals surface area contributed by atoms with Gasteiger partial charge in [-0.15, -0.1) is 0 Å². The zero-order chi connectivity index (χ0) is 12.7. The van der Waals surface area contributed by atoms with Crippen molar-refractivity contribution in [3.63, 3.8) is 0 Å². The number of halogens is 2. The number of hydrogen-bond acceptors (Lipinski definition) is 3. The first kappa shape index (κ1) is 13.6. The smallest absolute Gasteiger partial charge is 0.253 e. The quantitative estimate of drug-likeness (QED) is 0.795. The maximum atomic E-state index is 12.5. The van der Waals surface area contributed by atoms with Crippen molar-refractivity contribution in [1.82, 2.24) is 5.32 Å². The third kappa shape index (κ3) is 4.47. The van der Waals surface area contributed by atoms with Crippen LogP contribution in [0.1, 0.15) is 17.5 Å². The van der Waals surface area contributed by atoms with Gasteiger partial charge in [-0.2, -0.15) is 5.26 Å². The molecule has 0 saturated carbocycles. The van der Waals surface area contributed by atoms with Crippen LogP contribution in [-0.2, 0) is 6.54 Å². The van der Waals surface area contributed by atoms with Crippen molar-refractivity contribution >= 4 is 0 Å². The number of aliphatic hydroxyl groups is 1. The summed E-state index contributed by atoms with van der Waals surface area (Å²) in [6.07, 6.45) is -2.50. The van der Waals surface area contributed by atoms with E-state index in [2.05, 4.69) is 5.32 Å². The number of nitrogens with zero attached hydrogens (tertiary/aromatic N) is 1. The van der Waals surface area contributed by atoms with Crippen molar-refractivity contribution in [3.8, 4) is 6.07 Å². The number of aliphatic hydroxyl groups excluding tert-OH is 1. The molecule has 1 aromatic rings. The first-order chi connectivity index (χ1) is 8.17. The predicted octanol–water partition coefficient (Wildman–Crippen LogP) is 1.66. The van der Waals surface area contributed by atoms with E-state index in [1.807, 2.05) is 6.07 Å². The van der Waals surface area contributed by atoms with Gasteiger partial charge < -0.3 is 10.4 Å². The molecule has 0 spiro atoms. The van der Waals surface area contributed by atoms with Crippen LogP contribution in [0.3, 0.4) is 0 Å². The molecule has 0 heterocycles. The third-order valence-electron chi connectivity index (χ3n) is 2.37. The molecule has 3 nitrogen and oxygen atoms in total. The lowest BCUT2D eigenvalue weighted by Gasteiger charge is -2.16. The van der Waals surface area contributed by atoms with E-state index >= 15 is 0 Å². The fourth-order valence-corrected chi connectivity index (χ4v) is 1.46. The summed E-state index contributed by atoms with van der Waals surface area (Å²) in [6, 6.07) is 7.73. The van der Waals surface area contributed by atoms with Crippen LogP contribution in [0.5, 0.6) is 0 Å². The summed E-state index contributed by atoms with van der Waals surface area (Å²) >= 11 is 0. The molecule has 0 fully saturated rings. The van der Waals surface area contributed by atoms with Crippen molar-refractivity contribution < 1.29 is 13.9 Å². The van der Waals surface area contributed by atoms with Gasteiger partial charge in [0.05, 0.1) is 17.7 Å². The van der Waals surface area contributed by atoms with E-state index < -0.39 is 12.5 Å². The minimum Gasteiger partial charge on any atom is -0.396 e. The molecule has 0 radical (unpaired) electrons. The van der Waals surface area contributed by atoms with E-state index in [1.54, 1.807) is 24.3 Å². The van der Waals surface area contributed by atoms with Crippen LogP contribution >= 0.6 is 0 Å². The van der Waals surface area contributed by atoms with Gasteiger partial charge in [0.1, 0.15) is 0 Å². The molecule has 0 aliphatic carbocycles. The molecule has 92 valence electrons. The molecule has 1 rings (SSSR count). The summed E-state index contributed by atoms with van der Waals surface area (Å²) in [7, 11) is 0. The van der Waals surface area contributed by atoms with E-state index in [-0.39, 0.29) is 19.6 Å². The summed E-state index contributed by atoms with van der Waals surface area (Å²) in [5.41, 5.74) is 1.27. The Bertz CT molecular complexity index is 390. The van der Waals surface area contributed by atoms with Crippen LogP contribution in [0.15, 0.2) is 24.3 Å². The monoisotopic (exact) mass is 240 g/mol. The summed E-state index contributed by atoms with van der Waals surface area (Å²) < 4.78 is 25.0. The lowest BCUT2D eigenvalue weighted by Crippen LogP contribution is -2.35. The van der Waals surface area contributed by atoms with Crippen molar-refractivity contribution in [3.05, 3.63) is 35.4 Å². The Hall–Kier alpha value is -1.51. The Labute approximate surface area is 98.7 Å². The molecule has 1 aromatic carbocycles. The van der Waals surface area contributed by atoms with E-state index in [1.165, 1.54) is 0 Å². The number of rotatable bonds is 6. The highest BCUT2D eigenvalue weighted by atomic mass is 19.3. The van der Waals surface area contributed by atoms with Crippen molar-refractivity contribution in [1.29, 1.82) is 5.26 Å². The molecule has 0 aromatic heterocycles. The summed E-state index contributed by atoms with van der Waals surface area (Å²) in [5, 5.41) is 20.0. The Balaban J connectivity index is 2.56. The van der Waals surface area contributed by atoms with Crippen LogP contribution in [0, 0.1) is 11.3 Å². The third-order valence-corrected chi connectivity index (χ3v) is 2.37. The molecule has 0 aliphatic rings. The van der Waals surface area contributed by atoms with Gasteiger partial charge in [-0.1, -0.05) is 12.1 Å². The molecule has 0 amide bonds. The number of benzene rings is 1. The van der Waals surface area contributed by atoms with Crippen LogP contribution < -0.4 is 5.32 Å². The van der Waals surface area contributed by atoms with E-state index in [0.717, 1.165) is 5.56 Å². The maximum absolute atomic E-state index is 12.5. The molecule has 5 heteroatoms. The first-order valence-corrected chi connectivity index (χ1v) is 5.29. The number of hydrogen-bond donors (Lipinski definition) is 2. The van der Waals surface area contributed by atoms with Crippen molar-refractivity contribution in [2.24, 2.45) is 0 Å². The summed E-state index contributed by atoms with van der Waals surface area (Å²) in [5.74, 6) is 0. The topological polar surface area (TPSA) is 56.0 Å². The summed E-state index contributed by atoms with van der Waals surface area (Å²) in [4.78, 5) is 0. The molecule has 0 saturated heterocycles. The molecule has 2 N–H and O–H groups in total. The average molecular weight is 240 g/mol. The molecule has 0 unspecified atom stereocenters. The summed E-state index contributed by atoms with van der Waals surface area (Å²) in [6.45, 7) is -0.0230. The number of nitrogens with one attached hydrogen (secondary N) is 1. The second-order valence-electron chi connectivity index (χ2n) is 3.65. The lowest BCUT2D eigenvalue weighted by atomic mass is 10.1. The predicted molar refractivity (Wildman–Crippen MR) is 59.5 cm³/mol. The first-order valence-electron chi connectivity index (χ1n) is 5.29. The molecular formula is C12H14F2N2O. The van der Waals surface area contributed by atoms with Gasteiger partial charge >= 0.3 is 0 Å². The van der Waals surface area contributed by atoms with Gasteiger partial charge in [0.25, 0.3) is 6.43 Å².